The molecule has 4 heteroatoms. The zero-order valence-electron chi connectivity index (χ0n) is 19.1. The highest BCUT2D eigenvalue weighted by Crippen LogP contribution is 2.33. The first kappa shape index (κ1) is 21.2. The lowest BCUT2D eigenvalue weighted by Gasteiger charge is -2.38. The third-order valence-corrected chi connectivity index (χ3v) is 7.26. The Kier molecular flexibility index (Phi) is 5.99. The van der Waals surface area contributed by atoms with Crippen molar-refractivity contribution in [2.45, 2.75) is 38.3 Å². The first-order chi connectivity index (χ1) is 15.7. The molecular weight excluding hydrogens is 396 g/mol. The van der Waals surface area contributed by atoms with Gasteiger partial charge in [0.2, 0.25) is 0 Å². The minimum atomic E-state index is 0.0896. The van der Waals surface area contributed by atoms with Crippen molar-refractivity contribution >= 4 is 16.7 Å². The maximum Gasteiger partial charge on any atom is 0.254 e. The number of carbonyl (C=O) groups excluding carboxylic acids is 1. The van der Waals surface area contributed by atoms with Crippen LogP contribution in [0.1, 0.15) is 48.1 Å². The second-order valence-corrected chi connectivity index (χ2v) is 9.17. The molecule has 1 atom stereocenters. The van der Waals surface area contributed by atoms with Crippen LogP contribution < -0.4 is 0 Å². The third-order valence-electron chi connectivity index (χ3n) is 7.26. The Morgan fingerprint density at radius 2 is 1.59 bits per heavy atom. The fourth-order valence-electron chi connectivity index (χ4n) is 5.13. The Morgan fingerprint density at radius 3 is 2.31 bits per heavy atom. The highest BCUT2D eigenvalue weighted by atomic mass is 16.5. The molecule has 0 saturated carbocycles. The Labute approximate surface area is 190 Å². The highest BCUT2D eigenvalue weighted by molar-refractivity contribution is 6.10. The molecule has 2 heterocycles. The molecule has 2 aliphatic rings. The van der Waals surface area contributed by atoms with Crippen molar-refractivity contribution in [2.24, 2.45) is 0 Å². The van der Waals surface area contributed by atoms with E-state index in [-0.39, 0.29) is 12.0 Å². The summed E-state index contributed by atoms with van der Waals surface area (Å²) in [6.07, 6.45) is 4.14. The molecule has 32 heavy (non-hydrogen) atoms. The molecule has 2 aliphatic heterocycles. The fraction of sp³-hybridized carbons (Fsp3) is 0.393. The van der Waals surface area contributed by atoms with Crippen LogP contribution in [-0.2, 0) is 4.74 Å². The van der Waals surface area contributed by atoms with Gasteiger partial charge in [-0.05, 0) is 66.4 Å². The van der Waals surface area contributed by atoms with Gasteiger partial charge < -0.3 is 9.64 Å². The first-order valence-corrected chi connectivity index (χ1v) is 11.8. The molecule has 2 fully saturated rings. The van der Waals surface area contributed by atoms with Crippen LogP contribution in [0.25, 0.3) is 21.9 Å². The van der Waals surface area contributed by atoms with E-state index in [2.05, 4.69) is 60.4 Å². The second kappa shape index (κ2) is 9.05. The van der Waals surface area contributed by atoms with Crippen molar-refractivity contribution in [2.75, 3.05) is 33.3 Å². The summed E-state index contributed by atoms with van der Waals surface area (Å²) < 4.78 is 5.33. The number of fused-ring (bicyclic) bond motifs is 1. The van der Waals surface area contributed by atoms with Crippen LogP contribution in [0.2, 0.25) is 0 Å². The predicted molar refractivity (Wildman–Crippen MR) is 130 cm³/mol. The molecule has 0 radical (unpaired) electrons. The van der Waals surface area contributed by atoms with Crippen LogP contribution in [0.4, 0.5) is 0 Å². The van der Waals surface area contributed by atoms with Crippen LogP contribution in [0.5, 0.6) is 0 Å². The summed E-state index contributed by atoms with van der Waals surface area (Å²) in [5.41, 5.74) is 4.51. The quantitative estimate of drug-likeness (QED) is 0.536. The van der Waals surface area contributed by atoms with Crippen molar-refractivity contribution in [1.29, 1.82) is 0 Å². The molecule has 3 aromatic rings. The number of methoxy groups -OCH3 is 1. The van der Waals surface area contributed by atoms with Crippen LogP contribution in [-0.4, -0.2) is 55.1 Å². The van der Waals surface area contributed by atoms with Gasteiger partial charge in [0, 0.05) is 31.8 Å². The molecule has 0 spiro atoms. The van der Waals surface area contributed by atoms with Crippen molar-refractivity contribution in [1.82, 2.24) is 9.80 Å². The van der Waals surface area contributed by atoms with Gasteiger partial charge in [0.1, 0.15) is 0 Å². The minimum Gasteiger partial charge on any atom is -0.378 e. The standard InChI is InChI=1S/C28H32N2O2/c1-20(29-16-4-3-5-17-29)21-12-14-22(15-13-21)24-8-6-10-26-25(24)9-7-11-27(26)28(31)30-18-23(19-30)32-2/h6-15,20,23H,3-5,16-19H2,1-2H3. The summed E-state index contributed by atoms with van der Waals surface area (Å²) in [4.78, 5) is 17.5. The van der Waals surface area contributed by atoms with E-state index in [1.165, 1.54) is 49.0 Å². The number of rotatable bonds is 5. The average Bonchev–Trinajstić information content (AvgIpc) is 2.83. The number of hydrogen-bond donors (Lipinski definition) is 0. The molecule has 0 N–H and O–H groups in total. The Balaban J connectivity index is 1.43. The van der Waals surface area contributed by atoms with E-state index in [9.17, 15) is 4.79 Å². The maximum absolute atomic E-state index is 13.1. The summed E-state index contributed by atoms with van der Waals surface area (Å²) in [7, 11) is 1.70. The van der Waals surface area contributed by atoms with Gasteiger partial charge in [-0.15, -0.1) is 0 Å². The van der Waals surface area contributed by atoms with Gasteiger partial charge >= 0.3 is 0 Å². The summed E-state index contributed by atoms with van der Waals surface area (Å²) in [5.74, 6) is 0.0896. The molecule has 0 aromatic heterocycles. The van der Waals surface area contributed by atoms with Gasteiger partial charge in [-0.1, -0.05) is 61.0 Å². The van der Waals surface area contributed by atoms with Gasteiger partial charge in [0.25, 0.3) is 5.91 Å². The maximum atomic E-state index is 13.1. The highest BCUT2D eigenvalue weighted by Gasteiger charge is 2.31. The number of piperidine rings is 1. The van der Waals surface area contributed by atoms with Gasteiger partial charge in [-0.25, -0.2) is 0 Å². The van der Waals surface area contributed by atoms with E-state index in [1.54, 1.807) is 7.11 Å². The predicted octanol–water partition coefficient (Wildman–Crippen LogP) is 5.52. The van der Waals surface area contributed by atoms with Crippen molar-refractivity contribution in [3.63, 3.8) is 0 Å². The van der Waals surface area contributed by atoms with Crippen LogP contribution >= 0.6 is 0 Å². The van der Waals surface area contributed by atoms with E-state index < -0.39 is 0 Å². The molecule has 3 aromatic carbocycles. The summed E-state index contributed by atoms with van der Waals surface area (Å²) in [5, 5.41) is 2.14. The number of likely N-dealkylation sites (tertiary alicyclic amines) is 2. The Hall–Kier alpha value is -2.69. The summed E-state index contributed by atoms with van der Waals surface area (Å²) >= 11 is 0. The van der Waals surface area contributed by atoms with Crippen molar-refractivity contribution < 1.29 is 9.53 Å². The molecule has 5 rings (SSSR count). The average molecular weight is 429 g/mol. The molecule has 0 aliphatic carbocycles. The van der Waals surface area contributed by atoms with Crippen molar-refractivity contribution in [3.05, 3.63) is 71.8 Å². The zero-order valence-corrected chi connectivity index (χ0v) is 19.1. The SMILES string of the molecule is COC1CN(C(=O)c2cccc3c(-c4ccc(C(C)N5CCCCC5)cc4)cccc23)C1. The number of benzene rings is 3. The lowest BCUT2D eigenvalue weighted by atomic mass is 9.93. The summed E-state index contributed by atoms with van der Waals surface area (Å²) in [6.45, 7) is 6.06. The molecule has 166 valence electrons. The number of carbonyl (C=O) groups is 1. The van der Waals surface area contributed by atoms with Gasteiger partial charge in [-0.2, -0.15) is 0 Å². The molecule has 4 nitrogen and oxygen atoms in total. The topological polar surface area (TPSA) is 32.8 Å². The van der Waals surface area contributed by atoms with E-state index in [0.717, 1.165) is 16.3 Å². The molecule has 0 bridgehead atoms. The van der Waals surface area contributed by atoms with Gasteiger partial charge in [0.15, 0.2) is 0 Å². The number of hydrogen-bond acceptors (Lipinski definition) is 3. The number of ether oxygens (including phenoxy) is 1. The van der Waals surface area contributed by atoms with Crippen LogP contribution in [0, 0.1) is 0 Å². The monoisotopic (exact) mass is 428 g/mol. The largest absolute Gasteiger partial charge is 0.378 e. The van der Waals surface area contributed by atoms with Crippen LogP contribution in [0.3, 0.4) is 0 Å². The number of nitrogens with zero attached hydrogens (tertiary/aromatic N) is 2. The van der Waals surface area contributed by atoms with E-state index in [4.69, 9.17) is 4.74 Å². The first-order valence-electron chi connectivity index (χ1n) is 11.8. The molecule has 1 unspecified atom stereocenters. The lowest BCUT2D eigenvalue weighted by molar-refractivity contribution is -0.0191. The summed E-state index contributed by atoms with van der Waals surface area (Å²) in [6, 6.07) is 21.8. The van der Waals surface area contributed by atoms with Gasteiger partial charge in [0.05, 0.1) is 6.10 Å². The van der Waals surface area contributed by atoms with E-state index in [1.807, 2.05) is 17.0 Å². The Morgan fingerprint density at radius 1 is 0.906 bits per heavy atom. The lowest BCUT2D eigenvalue weighted by Crippen LogP contribution is -2.54. The number of amides is 1. The molecule has 1 amide bonds. The fourth-order valence-corrected chi connectivity index (χ4v) is 5.13. The normalized spacial score (nSPS) is 18.5. The van der Waals surface area contributed by atoms with E-state index in [0.29, 0.717) is 19.1 Å². The van der Waals surface area contributed by atoms with E-state index >= 15 is 0 Å². The third kappa shape index (κ3) is 3.94. The second-order valence-electron chi connectivity index (χ2n) is 9.17. The Bertz CT molecular complexity index is 1100. The van der Waals surface area contributed by atoms with Crippen molar-refractivity contribution in [3.8, 4) is 11.1 Å². The molecule has 2 saturated heterocycles. The molecular formula is C28H32N2O2. The van der Waals surface area contributed by atoms with Gasteiger partial charge in [-0.3, -0.25) is 9.69 Å². The smallest absolute Gasteiger partial charge is 0.254 e. The zero-order chi connectivity index (χ0) is 22.1. The van der Waals surface area contributed by atoms with Crippen LogP contribution in [0.15, 0.2) is 60.7 Å². The minimum absolute atomic E-state index is 0.0896.